The van der Waals surface area contributed by atoms with Crippen molar-refractivity contribution in [2.24, 2.45) is 0 Å². The average molecular weight is 241 g/mol. The van der Waals surface area contributed by atoms with E-state index in [4.69, 9.17) is 0 Å². The van der Waals surface area contributed by atoms with E-state index in [1.807, 2.05) is 0 Å². The first-order valence-corrected chi connectivity index (χ1v) is 6.95. The van der Waals surface area contributed by atoms with Gasteiger partial charge in [-0.1, -0.05) is 27.7 Å². The van der Waals surface area contributed by atoms with Gasteiger partial charge in [-0.05, 0) is 19.4 Å². The fourth-order valence-corrected chi connectivity index (χ4v) is 2.29. The summed E-state index contributed by atoms with van der Waals surface area (Å²) in [7, 11) is 0. The van der Waals surface area contributed by atoms with Crippen molar-refractivity contribution in [3.8, 4) is 0 Å². The maximum atomic E-state index is 4.30. The number of nitrogens with one attached hydrogen (secondary N) is 1. The molecule has 0 amide bonds. The third kappa shape index (κ3) is 3.83. The first-order chi connectivity index (χ1) is 7.60. The normalized spacial score (nSPS) is 12.0. The standard InChI is InChI=1S/C12H23N3S/c1-5-8-13-9-7-10-14-15-11(16-10)12(3,4)6-2/h13H,5-9H2,1-4H3. The maximum absolute atomic E-state index is 4.30. The van der Waals surface area contributed by atoms with Crippen LogP contribution in [0.15, 0.2) is 0 Å². The highest BCUT2D eigenvalue weighted by Crippen LogP contribution is 2.29. The van der Waals surface area contributed by atoms with Crippen LogP contribution in [0.2, 0.25) is 0 Å². The monoisotopic (exact) mass is 241 g/mol. The molecule has 0 saturated carbocycles. The molecule has 3 nitrogen and oxygen atoms in total. The summed E-state index contributed by atoms with van der Waals surface area (Å²) in [5.74, 6) is 0. The first-order valence-electron chi connectivity index (χ1n) is 6.13. The van der Waals surface area contributed by atoms with E-state index in [0.29, 0.717) is 0 Å². The average Bonchev–Trinajstić information content (AvgIpc) is 2.74. The minimum atomic E-state index is 0.173. The molecule has 0 fully saturated rings. The minimum absolute atomic E-state index is 0.173. The van der Waals surface area contributed by atoms with Crippen LogP contribution in [0.3, 0.4) is 0 Å². The summed E-state index contributed by atoms with van der Waals surface area (Å²) in [4.78, 5) is 0. The number of aromatic nitrogens is 2. The zero-order chi connectivity index (χ0) is 12.0. The third-order valence-corrected chi connectivity index (χ3v) is 4.22. The molecular weight excluding hydrogens is 218 g/mol. The lowest BCUT2D eigenvalue weighted by molar-refractivity contribution is 0.498. The molecule has 0 atom stereocenters. The van der Waals surface area contributed by atoms with E-state index in [1.165, 1.54) is 11.4 Å². The van der Waals surface area contributed by atoms with E-state index in [1.54, 1.807) is 11.3 Å². The van der Waals surface area contributed by atoms with Crippen molar-refractivity contribution >= 4 is 11.3 Å². The van der Waals surface area contributed by atoms with Crippen LogP contribution in [0.5, 0.6) is 0 Å². The molecule has 0 radical (unpaired) electrons. The smallest absolute Gasteiger partial charge is 0.123 e. The molecule has 0 aliphatic carbocycles. The van der Waals surface area contributed by atoms with Gasteiger partial charge in [0.2, 0.25) is 0 Å². The Kier molecular flexibility index (Phi) is 5.35. The third-order valence-electron chi connectivity index (χ3n) is 2.87. The number of nitrogens with zero attached hydrogens (tertiary/aromatic N) is 2. The quantitative estimate of drug-likeness (QED) is 0.746. The fourth-order valence-electron chi connectivity index (χ4n) is 1.28. The molecule has 1 aromatic heterocycles. The van der Waals surface area contributed by atoms with E-state index in [2.05, 4.69) is 43.2 Å². The highest BCUT2D eigenvalue weighted by atomic mass is 32.1. The van der Waals surface area contributed by atoms with Gasteiger partial charge in [-0.15, -0.1) is 21.5 Å². The molecule has 1 N–H and O–H groups in total. The SMILES string of the molecule is CCCNCCc1nnc(C(C)(C)CC)s1. The van der Waals surface area contributed by atoms with Gasteiger partial charge in [0.25, 0.3) is 0 Å². The van der Waals surface area contributed by atoms with Gasteiger partial charge in [0, 0.05) is 18.4 Å². The van der Waals surface area contributed by atoms with Gasteiger partial charge in [0.1, 0.15) is 10.0 Å². The molecule has 92 valence electrons. The molecular formula is C12H23N3S. The van der Waals surface area contributed by atoms with Crippen molar-refractivity contribution in [2.75, 3.05) is 13.1 Å². The van der Waals surface area contributed by atoms with Gasteiger partial charge in [-0.3, -0.25) is 0 Å². The summed E-state index contributed by atoms with van der Waals surface area (Å²) in [6.07, 6.45) is 3.29. The highest BCUT2D eigenvalue weighted by Gasteiger charge is 2.22. The molecule has 16 heavy (non-hydrogen) atoms. The van der Waals surface area contributed by atoms with Crippen LogP contribution in [0.25, 0.3) is 0 Å². The molecule has 0 saturated heterocycles. The number of hydrogen-bond donors (Lipinski definition) is 1. The van der Waals surface area contributed by atoms with Crippen LogP contribution in [0.4, 0.5) is 0 Å². The second kappa shape index (κ2) is 6.30. The fraction of sp³-hybridized carbons (Fsp3) is 0.833. The highest BCUT2D eigenvalue weighted by molar-refractivity contribution is 7.11. The molecule has 4 heteroatoms. The van der Waals surface area contributed by atoms with Crippen molar-refractivity contribution in [1.29, 1.82) is 0 Å². The number of hydrogen-bond acceptors (Lipinski definition) is 4. The maximum Gasteiger partial charge on any atom is 0.123 e. The Morgan fingerprint density at radius 3 is 2.56 bits per heavy atom. The van der Waals surface area contributed by atoms with E-state index < -0.39 is 0 Å². The van der Waals surface area contributed by atoms with E-state index in [9.17, 15) is 0 Å². The topological polar surface area (TPSA) is 37.8 Å². The second-order valence-electron chi connectivity index (χ2n) is 4.74. The Morgan fingerprint density at radius 2 is 1.94 bits per heavy atom. The lowest BCUT2D eigenvalue weighted by Gasteiger charge is -2.17. The molecule has 0 unspecified atom stereocenters. The molecule has 0 aliphatic heterocycles. The van der Waals surface area contributed by atoms with Gasteiger partial charge >= 0.3 is 0 Å². The van der Waals surface area contributed by atoms with Gasteiger partial charge in [-0.2, -0.15) is 0 Å². The zero-order valence-electron chi connectivity index (χ0n) is 10.8. The summed E-state index contributed by atoms with van der Waals surface area (Å²) in [6, 6.07) is 0. The first kappa shape index (κ1) is 13.6. The van der Waals surface area contributed by atoms with Crippen molar-refractivity contribution in [3.05, 3.63) is 10.0 Å². The molecule has 0 spiro atoms. The Balaban J connectivity index is 2.45. The Labute approximate surface area is 103 Å². The van der Waals surface area contributed by atoms with Crippen molar-refractivity contribution in [1.82, 2.24) is 15.5 Å². The van der Waals surface area contributed by atoms with Crippen LogP contribution >= 0.6 is 11.3 Å². The molecule has 0 aromatic carbocycles. The van der Waals surface area contributed by atoms with Crippen LogP contribution in [0, 0.1) is 0 Å². The lowest BCUT2D eigenvalue weighted by Crippen LogP contribution is -2.17. The predicted molar refractivity (Wildman–Crippen MR) is 70.1 cm³/mol. The van der Waals surface area contributed by atoms with Crippen LogP contribution in [-0.4, -0.2) is 23.3 Å². The summed E-state index contributed by atoms with van der Waals surface area (Å²) in [6.45, 7) is 10.9. The Hall–Kier alpha value is -0.480. The van der Waals surface area contributed by atoms with E-state index in [0.717, 1.165) is 30.9 Å². The number of rotatable bonds is 7. The van der Waals surface area contributed by atoms with E-state index in [-0.39, 0.29) is 5.41 Å². The lowest BCUT2D eigenvalue weighted by atomic mass is 9.91. The van der Waals surface area contributed by atoms with E-state index >= 15 is 0 Å². The summed E-state index contributed by atoms with van der Waals surface area (Å²) >= 11 is 1.76. The van der Waals surface area contributed by atoms with Crippen molar-refractivity contribution in [3.63, 3.8) is 0 Å². The van der Waals surface area contributed by atoms with Gasteiger partial charge in [-0.25, -0.2) is 0 Å². The van der Waals surface area contributed by atoms with Gasteiger partial charge in [0.05, 0.1) is 0 Å². The molecule has 1 aromatic rings. The van der Waals surface area contributed by atoms with Crippen molar-refractivity contribution < 1.29 is 0 Å². The van der Waals surface area contributed by atoms with Gasteiger partial charge in [0.15, 0.2) is 0 Å². The molecule has 1 rings (SSSR count). The van der Waals surface area contributed by atoms with Gasteiger partial charge < -0.3 is 5.32 Å². The Morgan fingerprint density at radius 1 is 1.19 bits per heavy atom. The largest absolute Gasteiger partial charge is 0.316 e. The minimum Gasteiger partial charge on any atom is -0.316 e. The van der Waals surface area contributed by atoms with Crippen LogP contribution in [0.1, 0.15) is 50.6 Å². The van der Waals surface area contributed by atoms with Crippen LogP contribution in [-0.2, 0) is 11.8 Å². The summed E-state index contributed by atoms with van der Waals surface area (Å²) in [5.41, 5.74) is 0.173. The predicted octanol–water partition coefficient (Wildman–Crippen LogP) is 2.77. The zero-order valence-corrected chi connectivity index (χ0v) is 11.7. The molecule has 1 heterocycles. The molecule has 0 aliphatic rings. The second-order valence-corrected chi connectivity index (χ2v) is 5.80. The summed E-state index contributed by atoms with van der Waals surface area (Å²) in [5, 5.41) is 14.3. The van der Waals surface area contributed by atoms with Crippen molar-refractivity contribution in [2.45, 2.75) is 52.4 Å². The summed E-state index contributed by atoms with van der Waals surface area (Å²) < 4.78 is 0. The molecule has 0 bridgehead atoms. The van der Waals surface area contributed by atoms with Crippen LogP contribution < -0.4 is 5.32 Å². The Bertz CT molecular complexity index is 307.